The number of hydrogen-bond acceptors (Lipinski definition) is 6. The van der Waals surface area contributed by atoms with E-state index < -0.39 is 28.4 Å². The van der Waals surface area contributed by atoms with Crippen molar-refractivity contribution in [3.05, 3.63) is 51.8 Å². The number of aryl methyl sites for hydroxylation is 2. The minimum Gasteiger partial charge on any atom is -0.454 e. The lowest BCUT2D eigenvalue weighted by molar-refractivity contribution is 0.0473. The first-order valence-electron chi connectivity index (χ1n) is 10.5. The van der Waals surface area contributed by atoms with Gasteiger partial charge in [-0.15, -0.1) is 0 Å². The lowest BCUT2D eigenvalue weighted by Crippen LogP contribution is -2.36. The summed E-state index contributed by atoms with van der Waals surface area (Å²) < 4.78 is 32.7. The number of carbonyl (C=O) groups excluding carboxylic acids is 3. The molecule has 1 N–H and O–H groups in total. The normalized spacial score (nSPS) is 14.9. The molecule has 0 bridgehead atoms. The van der Waals surface area contributed by atoms with Crippen molar-refractivity contribution in [1.29, 1.82) is 0 Å². The maximum atomic E-state index is 13.0. The number of Topliss-reactive ketones (excluding diaryl/α,β-unsaturated/α-hetero) is 2. The van der Waals surface area contributed by atoms with E-state index in [1.165, 1.54) is 23.4 Å². The summed E-state index contributed by atoms with van der Waals surface area (Å²) in [6.07, 6.45) is 2.62. The van der Waals surface area contributed by atoms with Crippen molar-refractivity contribution < 1.29 is 27.5 Å². The molecular weight excluding hydrogens is 432 g/mol. The fourth-order valence-corrected chi connectivity index (χ4v) is 5.86. The van der Waals surface area contributed by atoms with E-state index in [0.29, 0.717) is 35.5 Å². The van der Waals surface area contributed by atoms with Crippen LogP contribution in [0.1, 0.15) is 74.2 Å². The minimum atomic E-state index is -3.72. The maximum absolute atomic E-state index is 13.0. The van der Waals surface area contributed by atoms with Gasteiger partial charge < -0.3 is 9.72 Å². The molecule has 1 aliphatic rings. The summed E-state index contributed by atoms with van der Waals surface area (Å²) in [6.45, 7) is 6.85. The van der Waals surface area contributed by atoms with Crippen LogP contribution in [-0.4, -0.2) is 54.9 Å². The number of hydrogen-bond donors (Lipinski definition) is 1. The highest BCUT2D eigenvalue weighted by molar-refractivity contribution is 7.89. The van der Waals surface area contributed by atoms with Crippen LogP contribution < -0.4 is 0 Å². The molecule has 1 fully saturated rings. The monoisotopic (exact) mass is 460 g/mol. The zero-order chi connectivity index (χ0) is 23.6. The number of piperidine rings is 1. The Morgan fingerprint density at radius 2 is 1.72 bits per heavy atom. The Morgan fingerprint density at radius 3 is 2.31 bits per heavy atom. The summed E-state index contributed by atoms with van der Waals surface area (Å²) in [7, 11) is -3.72. The van der Waals surface area contributed by atoms with Crippen molar-refractivity contribution in [2.45, 2.75) is 51.9 Å². The first-order chi connectivity index (χ1) is 15.0. The van der Waals surface area contributed by atoms with Gasteiger partial charge in [-0.1, -0.05) is 12.5 Å². The molecular formula is C23H28N2O6S. The van der Waals surface area contributed by atoms with Crippen LogP contribution in [-0.2, 0) is 14.8 Å². The van der Waals surface area contributed by atoms with Crippen LogP contribution in [0.4, 0.5) is 0 Å². The number of carbonyl (C=O) groups is 3. The molecule has 0 aliphatic carbocycles. The average Bonchev–Trinajstić information content (AvgIpc) is 3.06. The highest BCUT2D eigenvalue weighted by Crippen LogP contribution is 2.25. The summed E-state index contributed by atoms with van der Waals surface area (Å²) >= 11 is 0. The van der Waals surface area contributed by atoms with Crippen LogP contribution in [0.2, 0.25) is 0 Å². The minimum absolute atomic E-state index is 0.0581. The number of nitrogens with zero attached hydrogens (tertiary/aromatic N) is 1. The maximum Gasteiger partial charge on any atom is 0.338 e. The van der Waals surface area contributed by atoms with Gasteiger partial charge in [-0.3, -0.25) is 9.59 Å². The summed E-state index contributed by atoms with van der Waals surface area (Å²) in [5, 5.41) is 0. The fourth-order valence-electron chi connectivity index (χ4n) is 4.09. The third-order valence-electron chi connectivity index (χ3n) is 5.76. The lowest BCUT2D eigenvalue weighted by Gasteiger charge is -2.26. The summed E-state index contributed by atoms with van der Waals surface area (Å²) in [6, 6.07) is 4.35. The van der Waals surface area contributed by atoms with Gasteiger partial charge in [0, 0.05) is 24.3 Å². The Labute approximate surface area is 188 Å². The number of benzene rings is 1. The number of aromatic nitrogens is 1. The van der Waals surface area contributed by atoms with E-state index in [1.807, 2.05) is 0 Å². The van der Waals surface area contributed by atoms with E-state index in [1.54, 1.807) is 26.8 Å². The molecule has 172 valence electrons. The number of ketones is 2. The number of aromatic amines is 1. The predicted molar refractivity (Wildman–Crippen MR) is 119 cm³/mol. The molecule has 3 rings (SSSR count). The molecule has 0 unspecified atom stereocenters. The Balaban J connectivity index is 1.76. The van der Waals surface area contributed by atoms with Crippen molar-refractivity contribution in [2.75, 3.05) is 19.7 Å². The molecule has 8 nitrogen and oxygen atoms in total. The van der Waals surface area contributed by atoms with Gasteiger partial charge in [0.25, 0.3) is 0 Å². The lowest BCUT2D eigenvalue weighted by atomic mass is 10.1. The summed E-state index contributed by atoms with van der Waals surface area (Å²) in [5.74, 6) is -1.42. The zero-order valence-electron chi connectivity index (χ0n) is 18.8. The van der Waals surface area contributed by atoms with E-state index >= 15 is 0 Å². The summed E-state index contributed by atoms with van der Waals surface area (Å²) in [4.78, 5) is 39.8. The molecule has 0 amide bonds. The van der Waals surface area contributed by atoms with Gasteiger partial charge in [-0.05, 0) is 63.8 Å². The predicted octanol–water partition coefficient (Wildman–Crippen LogP) is 3.36. The van der Waals surface area contributed by atoms with Crippen molar-refractivity contribution in [2.24, 2.45) is 0 Å². The third-order valence-corrected chi connectivity index (χ3v) is 7.80. The molecule has 0 radical (unpaired) electrons. The van der Waals surface area contributed by atoms with Crippen molar-refractivity contribution in [1.82, 2.24) is 9.29 Å². The second kappa shape index (κ2) is 9.38. The van der Waals surface area contributed by atoms with Crippen LogP contribution in [0.15, 0.2) is 23.1 Å². The van der Waals surface area contributed by atoms with Crippen LogP contribution in [0, 0.1) is 20.8 Å². The van der Waals surface area contributed by atoms with Gasteiger partial charge in [0.2, 0.25) is 15.8 Å². The Hall–Kier alpha value is -2.78. The van der Waals surface area contributed by atoms with Crippen molar-refractivity contribution in [3.63, 3.8) is 0 Å². The van der Waals surface area contributed by atoms with Gasteiger partial charge in [-0.25, -0.2) is 13.2 Å². The second-order valence-electron chi connectivity index (χ2n) is 8.13. The van der Waals surface area contributed by atoms with E-state index in [4.69, 9.17) is 4.74 Å². The molecule has 1 aromatic carbocycles. The molecule has 1 aliphatic heterocycles. The number of ether oxygens (including phenoxy) is 1. The van der Waals surface area contributed by atoms with Crippen molar-refractivity contribution >= 4 is 27.6 Å². The van der Waals surface area contributed by atoms with Crippen LogP contribution in [0.25, 0.3) is 0 Å². The number of sulfonamides is 1. The first kappa shape index (κ1) is 23.9. The standard InChI is InChI=1S/C23H28N2O6S/c1-14-8-9-18(12-20(14)32(29,30)25-10-6-5-7-11-25)23(28)31-13-19(27)22-15(2)21(17(4)26)16(3)24-22/h8-9,12,24H,5-7,10-11,13H2,1-4H3. The fraction of sp³-hybridized carbons (Fsp3) is 0.435. The van der Waals surface area contributed by atoms with Crippen molar-refractivity contribution in [3.8, 4) is 0 Å². The highest BCUT2D eigenvalue weighted by Gasteiger charge is 2.28. The first-order valence-corrected chi connectivity index (χ1v) is 12.0. The molecule has 1 aromatic heterocycles. The zero-order valence-corrected chi connectivity index (χ0v) is 19.6. The summed E-state index contributed by atoms with van der Waals surface area (Å²) in [5.41, 5.74) is 2.36. The van der Waals surface area contributed by atoms with E-state index in [2.05, 4.69) is 4.98 Å². The van der Waals surface area contributed by atoms with Gasteiger partial charge in [0.15, 0.2) is 12.4 Å². The quantitative estimate of drug-likeness (QED) is 0.501. The van der Waals surface area contributed by atoms with Gasteiger partial charge in [-0.2, -0.15) is 4.31 Å². The molecule has 32 heavy (non-hydrogen) atoms. The third kappa shape index (κ3) is 4.68. The number of H-pyrrole nitrogens is 1. The average molecular weight is 461 g/mol. The molecule has 2 heterocycles. The van der Waals surface area contributed by atoms with Crippen LogP contribution >= 0.6 is 0 Å². The highest BCUT2D eigenvalue weighted by atomic mass is 32.2. The molecule has 0 saturated carbocycles. The SMILES string of the molecule is CC(=O)c1c(C)[nH]c(C(=O)COC(=O)c2ccc(C)c(S(=O)(=O)N3CCCCC3)c2)c1C. The largest absolute Gasteiger partial charge is 0.454 e. The van der Waals surface area contributed by atoms with Crippen LogP contribution in [0.5, 0.6) is 0 Å². The second-order valence-corrected chi connectivity index (χ2v) is 10.0. The topological polar surface area (TPSA) is 114 Å². The Bertz CT molecular complexity index is 1170. The van der Waals surface area contributed by atoms with E-state index in [9.17, 15) is 22.8 Å². The molecule has 0 atom stereocenters. The Morgan fingerprint density at radius 1 is 1.06 bits per heavy atom. The number of esters is 1. The van der Waals surface area contributed by atoms with E-state index in [-0.39, 0.29) is 21.9 Å². The number of nitrogens with one attached hydrogen (secondary N) is 1. The van der Waals surface area contributed by atoms with Gasteiger partial charge in [0.05, 0.1) is 16.2 Å². The smallest absolute Gasteiger partial charge is 0.338 e. The van der Waals surface area contributed by atoms with E-state index in [0.717, 1.165) is 19.3 Å². The molecule has 1 saturated heterocycles. The van der Waals surface area contributed by atoms with Gasteiger partial charge in [0.1, 0.15) is 0 Å². The van der Waals surface area contributed by atoms with Crippen LogP contribution in [0.3, 0.4) is 0 Å². The number of rotatable bonds is 7. The Kier molecular flexibility index (Phi) is 7.00. The molecule has 9 heteroatoms. The molecule has 2 aromatic rings. The van der Waals surface area contributed by atoms with Gasteiger partial charge >= 0.3 is 5.97 Å². The molecule has 0 spiro atoms.